The minimum absolute atomic E-state index is 0.0562. The first-order chi connectivity index (χ1) is 10.0. The lowest BCUT2D eigenvalue weighted by atomic mass is 10.1. The van der Waals surface area contributed by atoms with Gasteiger partial charge in [-0.15, -0.1) is 0 Å². The molecule has 6 heteroatoms. The standard InChI is InChI=1S/C15H12BrN3O2/c1-18(13-7-5-11(9-17)6-8-13)10-12-3-2-4-14(15(12)16)19(20)21/h2-8H,10H2,1H3. The van der Waals surface area contributed by atoms with Crippen LogP contribution in [0.2, 0.25) is 0 Å². The molecule has 0 aliphatic heterocycles. The first-order valence-electron chi connectivity index (χ1n) is 6.16. The van der Waals surface area contributed by atoms with E-state index in [1.165, 1.54) is 6.07 Å². The van der Waals surface area contributed by atoms with Gasteiger partial charge in [0.2, 0.25) is 0 Å². The summed E-state index contributed by atoms with van der Waals surface area (Å²) in [6, 6.07) is 14.2. The van der Waals surface area contributed by atoms with Gasteiger partial charge < -0.3 is 4.90 Å². The Morgan fingerprint density at radius 3 is 2.52 bits per heavy atom. The number of benzene rings is 2. The smallest absolute Gasteiger partial charge is 0.283 e. The van der Waals surface area contributed by atoms with Crippen molar-refractivity contribution < 1.29 is 4.92 Å². The topological polar surface area (TPSA) is 70.2 Å². The van der Waals surface area contributed by atoms with Gasteiger partial charge in [0.05, 0.1) is 16.6 Å². The fourth-order valence-corrected chi connectivity index (χ4v) is 2.50. The van der Waals surface area contributed by atoms with Crippen LogP contribution >= 0.6 is 15.9 Å². The van der Waals surface area contributed by atoms with E-state index in [4.69, 9.17) is 5.26 Å². The average molecular weight is 346 g/mol. The van der Waals surface area contributed by atoms with E-state index >= 15 is 0 Å². The van der Waals surface area contributed by atoms with Gasteiger partial charge in [0.1, 0.15) is 4.47 Å². The lowest BCUT2D eigenvalue weighted by Gasteiger charge is -2.20. The van der Waals surface area contributed by atoms with E-state index in [1.807, 2.05) is 30.1 Å². The van der Waals surface area contributed by atoms with Crippen LogP contribution in [0.15, 0.2) is 46.9 Å². The quantitative estimate of drug-likeness (QED) is 0.623. The highest BCUT2D eigenvalue weighted by Gasteiger charge is 2.15. The van der Waals surface area contributed by atoms with Gasteiger partial charge >= 0.3 is 0 Å². The fraction of sp³-hybridized carbons (Fsp3) is 0.133. The molecule has 2 aromatic carbocycles. The van der Waals surface area contributed by atoms with Gasteiger partial charge in [0.25, 0.3) is 5.69 Å². The van der Waals surface area contributed by atoms with Gasteiger partial charge in [-0.05, 0) is 45.8 Å². The molecule has 0 saturated heterocycles. The molecule has 21 heavy (non-hydrogen) atoms. The maximum absolute atomic E-state index is 10.9. The summed E-state index contributed by atoms with van der Waals surface area (Å²) >= 11 is 3.29. The molecule has 0 aromatic heterocycles. The first-order valence-corrected chi connectivity index (χ1v) is 6.95. The molecule has 0 atom stereocenters. The molecule has 0 bridgehead atoms. The van der Waals surface area contributed by atoms with Crippen molar-refractivity contribution in [3.05, 3.63) is 68.2 Å². The summed E-state index contributed by atoms with van der Waals surface area (Å²) in [6.07, 6.45) is 0. The predicted octanol–water partition coefficient (Wildman–Crippen LogP) is 3.87. The first kappa shape index (κ1) is 15.0. The van der Waals surface area contributed by atoms with Gasteiger partial charge in [-0.1, -0.05) is 12.1 Å². The van der Waals surface area contributed by atoms with E-state index in [9.17, 15) is 10.1 Å². The molecular formula is C15H12BrN3O2. The van der Waals surface area contributed by atoms with E-state index in [0.29, 0.717) is 16.6 Å². The molecule has 2 aromatic rings. The molecule has 2 rings (SSSR count). The van der Waals surface area contributed by atoms with Crippen LogP contribution in [0.4, 0.5) is 11.4 Å². The maximum Gasteiger partial charge on any atom is 0.283 e. The molecule has 0 heterocycles. The number of nitro groups is 1. The molecule has 0 spiro atoms. The molecule has 0 aliphatic rings. The second-order valence-electron chi connectivity index (χ2n) is 4.52. The SMILES string of the molecule is CN(Cc1cccc([N+](=O)[O-])c1Br)c1ccc(C#N)cc1. The Morgan fingerprint density at radius 2 is 1.95 bits per heavy atom. The molecule has 0 N–H and O–H groups in total. The number of rotatable bonds is 4. The summed E-state index contributed by atoms with van der Waals surface area (Å²) in [6.45, 7) is 0.522. The second kappa shape index (κ2) is 6.37. The molecule has 0 saturated carbocycles. The third-order valence-electron chi connectivity index (χ3n) is 3.10. The number of nitriles is 1. The van der Waals surface area contributed by atoms with Gasteiger partial charge in [0.15, 0.2) is 0 Å². The summed E-state index contributed by atoms with van der Waals surface area (Å²) in [4.78, 5) is 12.5. The van der Waals surface area contributed by atoms with Crippen molar-refractivity contribution in [1.29, 1.82) is 5.26 Å². The summed E-state index contributed by atoms with van der Waals surface area (Å²) in [5.41, 5.74) is 2.42. The Hall–Kier alpha value is -2.39. The number of nitro benzene ring substituents is 1. The van der Waals surface area contributed by atoms with Crippen LogP contribution in [-0.4, -0.2) is 12.0 Å². The minimum Gasteiger partial charge on any atom is -0.370 e. The third-order valence-corrected chi connectivity index (χ3v) is 4.02. The van der Waals surface area contributed by atoms with E-state index in [0.717, 1.165) is 11.3 Å². The monoisotopic (exact) mass is 345 g/mol. The van der Waals surface area contributed by atoms with Gasteiger partial charge in [0, 0.05) is 25.3 Å². The number of hydrogen-bond donors (Lipinski definition) is 0. The Labute approximate surface area is 130 Å². The van der Waals surface area contributed by atoms with Crippen molar-refractivity contribution >= 4 is 27.3 Å². The van der Waals surface area contributed by atoms with Crippen LogP contribution < -0.4 is 4.90 Å². The summed E-state index contributed by atoms with van der Waals surface area (Å²) < 4.78 is 0.496. The lowest BCUT2D eigenvalue weighted by molar-refractivity contribution is -0.385. The zero-order valence-corrected chi connectivity index (χ0v) is 12.9. The highest BCUT2D eigenvalue weighted by Crippen LogP contribution is 2.29. The van der Waals surface area contributed by atoms with Crippen LogP contribution in [0, 0.1) is 21.4 Å². The number of hydrogen-bond acceptors (Lipinski definition) is 4. The predicted molar refractivity (Wildman–Crippen MR) is 84.1 cm³/mol. The molecule has 0 unspecified atom stereocenters. The Balaban J connectivity index is 2.23. The number of anilines is 1. The zero-order valence-electron chi connectivity index (χ0n) is 11.3. The molecule has 5 nitrogen and oxygen atoms in total. The summed E-state index contributed by atoms with van der Waals surface area (Å²) in [5, 5.41) is 19.7. The molecule has 0 aliphatic carbocycles. The van der Waals surface area contributed by atoms with Crippen LogP contribution in [-0.2, 0) is 6.54 Å². The number of halogens is 1. The molecule has 0 radical (unpaired) electrons. The lowest BCUT2D eigenvalue weighted by Crippen LogP contribution is -2.16. The maximum atomic E-state index is 10.9. The van der Waals surface area contributed by atoms with Crippen LogP contribution in [0.25, 0.3) is 0 Å². The third kappa shape index (κ3) is 3.38. The normalized spacial score (nSPS) is 9.95. The molecule has 0 amide bonds. The Bertz CT molecular complexity index is 708. The van der Waals surface area contributed by atoms with Crippen LogP contribution in [0.5, 0.6) is 0 Å². The van der Waals surface area contributed by atoms with Crippen LogP contribution in [0.3, 0.4) is 0 Å². The van der Waals surface area contributed by atoms with Crippen molar-refractivity contribution in [3.63, 3.8) is 0 Å². The van der Waals surface area contributed by atoms with Gasteiger partial charge in [-0.3, -0.25) is 10.1 Å². The van der Waals surface area contributed by atoms with Crippen molar-refractivity contribution in [2.45, 2.75) is 6.54 Å². The summed E-state index contributed by atoms with van der Waals surface area (Å²) in [5.74, 6) is 0. The van der Waals surface area contributed by atoms with Crippen molar-refractivity contribution in [1.82, 2.24) is 0 Å². The minimum atomic E-state index is -0.407. The molecule has 0 fully saturated rings. The van der Waals surface area contributed by atoms with E-state index < -0.39 is 4.92 Å². The van der Waals surface area contributed by atoms with Crippen molar-refractivity contribution in [3.8, 4) is 6.07 Å². The Kier molecular flexibility index (Phi) is 4.55. The largest absolute Gasteiger partial charge is 0.370 e. The second-order valence-corrected chi connectivity index (χ2v) is 5.32. The number of nitrogens with zero attached hydrogens (tertiary/aromatic N) is 3. The highest BCUT2D eigenvalue weighted by molar-refractivity contribution is 9.10. The van der Waals surface area contributed by atoms with E-state index in [2.05, 4.69) is 22.0 Å². The van der Waals surface area contributed by atoms with Gasteiger partial charge in [-0.25, -0.2) is 0 Å². The van der Waals surface area contributed by atoms with E-state index in [-0.39, 0.29) is 5.69 Å². The van der Waals surface area contributed by atoms with E-state index in [1.54, 1.807) is 18.2 Å². The zero-order chi connectivity index (χ0) is 15.4. The van der Waals surface area contributed by atoms with Crippen LogP contribution in [0.1, 0.15) is 11.1 Å². The fourth-order valence-electron chi connectivity index (χ4n) is 1.97. The molecular weight excluding hydrogens is 334 g/mol. The Morgan fingerprint density at radius 1 is 1.29 bits per heavy atom. The highest BCUT2D eigenvalue weighted by atomic mass is 79.9. The average Bonchev–Trinajstić information content (AvgIpc) is 2.49. The summed E-state index contributed by atoms with van der Waals surface area (Å²) in [7, 11) is 1.90. The van der Waals surface area contributed by atoms with Gasteiger partial charge in [-0.2, -0.15) is 5.26 Å². The molecule has 106 valence electrons. The van der Waals surface area contributed by atoms with Crippen molar-refractivity contribution in [2.75, 3.05) is 11.9 Å². The van der Waals surface area contributed by atoms with Crippen molar-refractivity contribution in [2.24, 2.45) is 0 Å².